The molecule has 3 nitrogen and oxygen atoms in total. The van der Waals surface area contributed by atoms with Crippen molar-refractivity contribution in [3.05, 3.63) is 34.9 Å². The highest BCUT2D eigenvalue weighted by Crippen LogP contribution is 2.19. The number of amidine groups is 1. The second-order valence-corrected chi connectivity index (χ2v) is 6.35. The molecule has 0 saturated carbocycles. The fraction of sp³-hybridized carbons (Fsp3) is 0.611. The molecule has 0 aliphatic carbocycles. The summed E-state index contributed by atoms with van der Waals surface area (Å²) in [7, 11) is 0. The van der Waals surface area contributed by atoms with Gasteiger partial charge in [-0.1, -0.05) is 39.8 Å². The maximum absolute atomic E-state index is 7.53. The first-order chi connectivity index (χ1) is 9.88. The van der Waals surface area contributed by atoms with E-state index in [0.717, 1.165) is 18.7 Å². The van der Waals surface area contributed by atoms with Gasteiger partial charge in [-0.05, 0) is 42.9 Å². The number of hydrogen-bond donors (Lipinski definition) is 2. The molecule has 0 fully saturated rings. The molecular weight excluding hydrogens is 258 g/mol. The maximum Gasteiger partial charge on any atom is 0.122 e. The van der Waals surface area contributed by atoms with Gasteiger partial charge in [0.15, 0.2) is 0 Å². The lowest BCUT2D eigenvalue weighted by molar-refractivity contribution is 0.157. The van der Waals surface area contributed by atoms with Crippen LogP contribution in [0.4, 0.5) is 0 Å². The minimum absolute atomic E-state index is 0.142. The van der Waals surface area contributed by atoms with E-state index in [1.54, 1.807) is 0 Å². The van der Waals surface area contributed by atoms with Crippen molar-refractivity contribution in [3.8, 4) is 0 Å². The number of aryl methyl sites for hydroxylation is 1. The Balaban J connectivity index is 2.94. The molecule has 1 rings (SSSR count). The van der Waals surface area contributed by atoms with Gasteiger partial charge in [0.1, 0.15) is 5.84 Å². The lowest BCUT2D eigenvalue weighted by Crippen LogP contribution is -2.37. The first-order valence-electron chi connectivity index (χ1n) is 8.06. The fourth-order valence-electron chi connectivity index (χ4n) is 2.88. The first-order valence-corrected chi connectivity index (χ1v) is 8.06. The molecule has 3 heteroatoms. The summed E-state index contributed by atoms with van der Waals surface area (Å²) in [5.74, 6) is 0.811. The van der Waals surface area contributed by atoms with Crippen molar-refractivity contribution < 1.29 is 0 Å². The Bertz CT molecular complexity index is 462. The lowest BCUT2D eigenvalue weighted by atomic mass is 10.0. The number of nitrogens with zero attached hydrogens (tertiary/aromatic N) is 1. The summed E-state index contributed by atoms with van der Waals surface area (Å²) >= 11 is 0. The molecule has 0 spiro atoms. The molecule has 0 amide bonds. The van der Waals surface area contributed by atoms with E-state index in [2.05, 4.69) is 45.6 Å². The molecule has 0 aliphatic rings. The van der Waals surface area contributed by atoms with Crippen molar-refractivity contribution in [3.63, 3.8) is 0 Å². The van der Waals surface area contributed by atoms with Crippen LogP contribution in [0, 0.1) is 18.3 Å². The monoisotopic (exact) mass is 289 g/mol. The third-order valence-corrected chi connectivity index (χ3v) is 4.09. The predicted molar refractivity (Wildman–Crippen MR) is 91.8 cm³/mol. The molecule has 21 heavy (non-hydrogen) atoms. The predicted octanol–water partition coefficient (Wildman–Crippen LogP) is 3.93. The summed E-state index contributed by atoms with van der Waals surface area (Å²) in [6.45, 7) is 13.3. The Kier molecular flexibility index (Phi) is 6.90. The van der Waals surface area contributed by atoms with Gasteiger partial charge in [-0.3, -0.25) is 10.3 Å². The molecule has 0 radical (unpaired) electrons. The Morgan fingerprint density at radius 2 is 1.86 bits per heavy atom. The molecule has 118 valence electrons. The highest BCUT2D eigenvalue weighted by Gasteiger charge is 2.17. The topological polar surface area (TPSA) is 53.1 Å². The molecule has 1 aromatic rings. The van der Waals surface area contributed by atoms with Gasteiger partial charge in [-0.2, -0.15) is 0 Å². The summed E-state index contributed by atoms with van der Waals surface area (Å²) in [5.41, 5.74) is 8.94. The van der Waals surface area contributed by atoms with Crippen LogP contribution in [0.3, 0.4) is 0 Å². The van der Waals surface area contributed by atoms with Crippen LogP contribution >= 0.6 is 0 Å². The lowest BCUT2D eigenvalue weighted by Gasteiger charge is -2.32. The average molecular weight is 289 g/mol. The van der Waals surface area contributed by atoms with Gasteiger partial charge in [-0.15, -0.1) is 0 Å². The van der Waals surface area contributed by atoms with Crippen LogP contribution in [0.15, 0.2) is 18.2 Å². The second kappa shape index (κ2) is 8.18. The van der Waals surface area contributed by atoms with Crippen molar-refractivity contribution in [2.24, 2.45) is 11.7 Å². The van der Waals surface area contributed by atoms with Crippen molar-refractivity contribution in [1.82, 2.24) is 4.90 Å². The standard InChI is InChI=1S/C18H31N3/c1-6-17(7-2)21(11-13(3)4)12-16-9-8-15(18(19)20)10-14(16)5/h8-10,13,17H,6-7,11-12H2,1-5H3,(H3,19,20). The maximum atomic E-state index is 7.53. The van der Waals surface area contributed by atoms with Gasteiger partial charge in [0.25, 0.3) is 0 Å². The van der Waals surface area contributed by atoms with Crippen LogP contribution in [-0.2, 0) is 6.54 Å². The third kappa shape index (κ3) is 5.16. The molecule has 0 unspecified atom stereocenters. The molecule has 1 aromatic carbocycles. The van der Waals surface area contributed by atoms with Crippen LogP contribution in [0.25, 0.3) is 0 Å². The van der Waals surface area contributed by atoms with Gasteiger partial charge in [0, 0.05) is 24.7 Å². The molecule has 0 bridgehead atoms. The van der Waals surface area contributed by atoms with Crippen LogP contribution in [0.2, 0.25) is 0 Å². The largest absolute Gasteiger partial charge is 0.384 e. The normalized spacial score (nSPS) is 11.6. The second-order valence-electron chi connectivity index (χ2n) is 6.35. The van der Waals surface area contributed by atoms with Crippen molar-refractivity contribution in [1.29, 1.82) is 5.41 Å². The Morgan fingerprint density at radius 1 is 1.24 bits per heavy atom. The highest BCUT2D eigenvalue weighted by atomic mass is 15.2. The zero-order valence-corrected chi connectivity index (χ0v) is 14.2. The zero-order chi connectivity index (χ0) is 16.0. The quantitative estimate of drug-likeness (QED) is 0.563. The smallest absolute Gasteiger partial charge is 0.122 e. The van der Waals surface area contributed by atoms with Gasteiger partial charge in [0.2, 0.25) is 0 Å². The van der Waals surface area contributed by atoms with E-state index in [4.69, 9.17) is 11.1 Å². The number of hydrogen-bond acceptors (Lipinski definition) is 2. The van der Waals surface area contributed by atoms with Gasteiger partial charge >= 0.3 is 0 Å². The first kappa shape index (κ1) is 17.7. The van der Waals surface area contributed by atoms with Crippen molar-refractivity contribution >= 4 is 5.84 Å². The zero-order valence-electron chi connectivity index (χ0n) is 14.2. The van der Waals surface area contributed by atoms with Gasteiger partial charge in [-0.25, -0.2) is 0 Å². The Morgan fingerprint density at radius 3 is 2.29 bits per heavy atom. The van der Waals surface area contributed by atoms with Crippen LogP contribution < -0.4 is 5.73 Å². The van der Waals surface area contributed by atoms with E-state index in [1.807, 2.05) is 12.1 Å². The van der Waals surface area contributed by atoms with E-state index in [-0.39, 0.29) is 5.84 Å². The molecule has 3 N–H and O–H groups in total. The SMILES string of the molecule is CCC(CC)N(Cc1ccc(C(=N)N)cc1C)CC(C)C. The minimum atomic E-state index is 0.142. The van der Waals surface area contributed by atoms with E-state index < -0.39 is 0 Å². The number of nitrogen functional groups attached to an aromatic ring is 1. The van der Waals surface area contributed by atoms with Crippen LogP contribution in [0.5, 0.6) is 0 Å². The van der Waals surface area contributed by atoms with Crippen LogP contribution in [0.1, 0.15) is 57.2 Å². The van der Waals surface area contributed by atoms with E-state index in [0.29, 0.717) is 12.0 Å². The number of benzene rings is 1. The number of rotatable bonds is 8. The third-order valence-electron chi connectivity index (χ3n) is 4.09. The van der Waals surface area contributed by atoms with Gasteiger partial charge < -0.3 is 5.73 Å². The Labute approximate surface area is 130 Å². The van der Waals surface area contributed by atoms with Crippen LogP contribution in [-0.4, -0.2) is 23.3 Å². The summed E-state index contributed by atoms with van der Waals surface area (Å²) in [4.78, 5) is 2.60. The van der Waals surface area contributed by atoms with Crippen molar-refractivity contribution in [2.75, 3.05) is 6.54 Å². The molecule has 0 aliphatic heterocycles. The summed E-state index contributed by atoms with van der Waals surface area (Å²) in [5, 5.41) is 7.53. The molecule has 0 saturated heterocycles. The number of nitrogens with one attached hydrogen (secondary N) is 1. The molecule has 0 heterocycles. The Hall–Kier alpha value is -1.35. The fourth-order valence-corrected chi connectivity index (χ4v) is 2.88. The molecule has 0 aromatic heterocycles. The molecular formula is C18H31N3. The highest BCUT2D eigenvalue weighted by molar-refractivity contribution is 5.95. The van der Waals surface area contributed by atoms with Gasteiger partial charge in [0.05, 0.1) is 0 Å². The summed E-state index contributed by atoms with van der Waals surface area (Å²) < 4.78 is 0. The minimum Gasteiger partial charge on any atom is -0.384 e. The van der Waals surface area contributed by atoms with Crippen molar-refractivity contribution in [2.45, 2.75) is 60.0 Å². The summed E-state index contributed by atoms with van der Waals surface area (Å²) in [6, 6.07) is 6.75. The van der Waals surface area contributed by atoms with E-state index in [9.17, 15) is 0 Å². The summed E-state index contributed by atoms with van der Waals surface area (Å²) in [6.07, 6.45) is 2.38. The molecule has 0 atom stereocenters. The number of nitrogens with two attached hydrogens (primary N) is 1. The van der Waals surface area contributed by atoms with E-state index in [1.165, 1.54) is 24.0 Å². The average Bonchev–Trinajstić information content (AvgIpc) is 2.41. The van der Waals surface area contributed by atoms with E-state index >= 15 is 0 Å².